The summed E-state index contributed by atoms with van der Waals surface area (Å²) in [6.45, 7) is 10.8. The molecule has 0 amide bonds. The maximum Gasteiger partial charge on any atom is 0.0170 e. The first kappa shape index (κ1) is 12.4. The maximum atomic E-state index is 3.37. The molecule has 0 saturated carbocycles. The lowest BCUT2D eigenvalue weighted by Gasteiger charge is -2.13. The van der Waals surface area contributed by atoms with Gasteiger partial charge in [-0.2, -0.15) is 0 Å². The second-order valence-electron chi connectivity index (χ2n) is 3.36. The minimum atomic E-state index is 0.690. The minimum Gasteiger partial charge on any atom is -0.313 e. The highest BCUT2D eigenvalue weighted by Gasteiger charge is 2.04. The van der Waals surface area contributed by atoms with Gasteiger partial charge in [0, 0.05) is 6.54 Å². The van der Waals surface area contributed by atoms with E-state index in [1.165, 1.54) is 12.0 Å². The number of hydrogen-bond acceptors (Lipinski definition) is 1. The Morgan fingerprint density at radius 1 is 1.38 bits per heavy atom. The van der Waals surface area contributed by atoms with E-state index in [0.717, 1.165) is 13.1 Å². The van der Waals surface area contributed by atoms with Crippen LogP contribution in [0.1, 0.15) is 34.1 Å². The van der Waals surface area contributed by atoms with Gasteiger partial charge in [-0.25, -0.2) is 0 Å². The maximum absolute atomic E-state index is 3.37. The number of hydrogen-bond donors (Lipinski definition) is 1. The fraction of sp³-hybridized carbons (Fsp3) is 0.667. The molecule has 0 rings (SSSR count). The number of rotatable bonds is 6. The summed E-state index contributed by atoms with van der Waals surface area (Å²) >= 11 is 0. The largest absolute Gasteiger partial charge is 0.313 e. The Morgan fingerprint density at radius 2 is 2.08 bits per heavy atom. The number of nitrogens with one attached hydrogen (secondary N) is 1. The van der Waals surface area contributed by atoms with Crippen LogP contribution in [0.25, 0.3) is 0 Å². The standard InChI is InChI=1S/C12H23N/c1-5-8-9-12(10-13-7-3)11(4)6-2/h5,8-9,11,13H,6-7,10H2,1-4H3/b8-5-,12-9-. The van der Waals surface area contributed by atoms with E-state index in [0.29, 0.717) is 5.92 Å². The molecule has 13 heavy (non-hydrogen) atoms. The Kier molecular flexibility index (Phi) is 7.71. The molecule has 0 aromatic heterocycles. The van der Waals surface area contributed by atoms with Crippen molar-refractivity contribution >= 4 is 0 Å². The van der Waals surface area contributed by atoms with Gasteiger partial charge in [0.2, 0.25) is 0 Å². The Balaban J connectivity index is 4.17. The van der Waals surface area contributed by atoms with Crippen molar-refractivity contribution in [2.24, 2.45) is 5.92 Å². The summed E-state index contributed by atoms with van der Waals surface area (Å²) in [4.78, 5) is 0. The quantitative estimate of drug-likeness (QED) is 0.621. The molecule has 0 aliphatic heterocycles. The molecule has 0 radical (unpaired) electrons. The fourth-order valence-corrected chi connectivity index (χ4v) is 1.15. The summed E-state index contributed by atoms with van der Waals surface area (Å²) in [7, 11) is 0. The number of allylic oxidation sites excluding steroid dienone is 3. The van der Waals surface area contributed by atoms with Crippen molar-refractivity contribution in [1.82, 2.24) is 5.32 Å². The van der Waals surface area contributed by atoms with Gasteiger partial charge in [0.15, 0.2) is 0 Å². The average Bonchev–Trinajstić information content (AvgIpc) is 2.17. The average molecular weight is 181 g/mol. The van der Waals surface area contributed by atoms with Crippen molar-refractivity contribution in [3.05, 3.63) is 23.8 Å². The Hall–Kier alpha value is -0.560. The predicted molar refractivity (Wildman–Crippen MR) is 60.9 cm³/mol. The third kappa shape index (κ3) is 5.64. The highest BCUT2D eigenvalue weighted by atomic mass is 14.8. The number of likely N-dealkylation sites (N-methyl/N-ethyl adjacent to an activating group) is 1. The van der Waals surface area contributed by atoms with Crippen LogP contribution in [0.2, 0.25) is 0 Å². The van der Waals surface area contributed by atoms with Gasteiger partial charge in [-0.05, 0) is 25.8 Å². The molecule has 0 heterocycles. The lowest BCUT2D eigenvalue weighted by Crippen LogP contribution is -2.19. The van der Waals surface area contributed by atoms with Crippen molar-refractivity contribution in [3.8, 4) is 0 Å². The van der Waals surface area contributed by atoms with Crippen molar-refractivity contribution in [3.63, 3.8) is 0 Å². The van der Waals surface area contributed by atoms with Crippen LogP contribution in [0.4, 0.5) is 0 Å². The SMILES string of the molecule is C/C=C\C=C(\CNCC)C(C)CC. The molecule has 0 aromatic carbocycles. The zero-order chi connectivity index (χ0) is 10.1. The summed E-state index contributed by atoms with van der Waals surface area (Å²) < 4.78 is 0. The highest BCUT2D eigenvalue weighted by Crippen LogP contribution is 2.13. The fourth-order valence-electron chi connectivity index (χ4n) is 1.15. The van der Waals surface area contributed by atoms with Crippen LogP contribution in [0.3, 0.4) is 0 Å². The van der Waals surface area contributed by atoms with Gasteiger partial charge in [-0.3, -0.25) is 0 Å². The molecular weight excluding hydrogens is 158 g/mol. The van der Waals surface area contributed by atoms with Gasteiger partial charge in [0.05, 0.1) is 0 Å². The van der Waals surface area contributed by atoms with Crippen molar-refractivity contribution < 1.29 is 0 Å². The third-order valence-corrected chi connectivity index (χ3v) is 2.33. The smallest absolute Gasteiger partial charge is 0.0170 e. The summed E-state index contributed by atoms with van der Waals surface area (Å²) in [6.07, 6.45) is 7.65. The van der Waals surface area contributed by atoms with E-state index in [1.54, 1.807) is 0 Å². The molecule has 0 spiro atoms. The molecule has 0 fully saturated rings. The first-order chi connectivity index (χ1) is 6.26. The van der Waals surface area contributed by atoms with E-state index in [2.05, 4.69) is 51.2 Å². The Labute approximate surface area is 82.9 Å². The topological polar surface area (TPSA) is 12.0 Å². The van der Waals surface area contributed by atoms with Gasteiger partial charge in [-0.15, -0.1) is 0 Å². The first-order valence-electron chi connectivity index (χ1n) is 5.28. The molecule has 0 aliphatic rings. The molecular formula is C12H23N. The third-order valence-electron chi connectivity index (χ3n) is 2.33. The molecule has 0 aliphatic carbocycles. The van der Waals surface area contributed by atoms with Crippen molar-refractivity contribution in [2.45, 2.75) is 34.1 Å². The minimum absolute atomic E-state index is 0.690. The monoisotopic (exact) mass is 181 g/mol. The molecule has 0 saturated heterocycles. The summed E-state index contributed by atoms with van der Waals surface area (Å²) in [6, 6.07) is 0. The molecule has 1 atom stereocenters. The highest BCUT2D eigenvalue weighted by molar-refractivity contribution is 5.15. The van der Waals surface area contributed by atoms with Crippen LogP contribution in [-0.2, 0) is 0 Å². The van der Waals surface area contributed by atoms with Crippen LogP contribution in [0.5, 0.6) is 0 Å². The van der Waals surface area contributed by atoms with Crippen molar-refractivity contribution in [1.29, 1.82) is 0 Å². The zero-order valence-corrected chi connectivity index (χ0v) is 9.43. The Bertz CT molecular complexity index is 168. The predicted octanol–water partition coefficient (Wildman–Crippen LogP) is 3.14. The van der Waals surface area contributed by atoms with Gasteiger partial charge in [0.25, 0.3) is 0 Å². The molecule has 1 nitrogen and oxygen atoms in total. The van der Waals surface area contributed by atoms with Crippen LogP contribution in [0.15, 0.2) is 23.8 Å². The summed E-state index contributed by atoms with van der Waals surface area (Å²) in [5.41, 5.74) is 1.50. The van der Waals surface area contributed by atoms with Crippen LogP contribution < -0.4 is 5.32 Å². The van der Waals surface area contributed by atoms with E-state index in [9.17, 15) is 0 Å². The second-order valence-corrected chi connectivity index (χ2v) is 3.36. The molecule has 76 valence electrons. The second kappa shape index (κ2) is 8.06. The molecule has 1 unspecified atom stereocenters. The molecule has 1 N–H and O–H groups in total. The van der Waals surface area contributed by atoms with Crippen molar-refractivity contribution in [2.75, 3.05) is 13.1 Å². The zero-order valence-electron chi connectivity index (χ0n) is 9.43. The van der Waals surface area contributed by atoms with E-state index in [1.807, 2.05) is 0 Å². The normalized spacial score (nSPS) is 15.2. The van der Waals surface area contributed by atoms with Gasteiger partial charge >= 0.3 is 0 Å². The summed E-state index contributed by atoms with van der Waals surface area (Å²) in [5, 5.41) is 3.37. The molecule has 1 heteroatoms. The van der Waals surface area contributed by atoms with Gasteiger partial charge in [0.1, 0.15) is 0 Å². The van der Waals surface area contributed by atoms with E-state index in [-0.39, 0.29) is 0 Å². The van der Waals surface area contributed by atoms with Gasteiger partial charge in [-0.1, -0.05) is 44.6 Å². The van der Waals surface area contributed by atoms with E-state index < -0.39 is 0 Å². The van der Waals surface area contributed by atoms with Crippen LogP contribution in [-0.4, -0.2) is 13.1 Å². The first-order valence-corrected chi connectivity index (χ1v) is 5.28. The van der Waals surface area contributed by atoms with Crippen LogP contribution in [0, 0.1) is 5.92 Å². The lowest BCUT2D eigenvalue weighted by molar-refractivity contribution is 0.611. The lowest BCUT2D eigenvalue weighted by atomic mass is 9.98. The van der Waals surface area contributed by atoms with Crippen LogP contribution >= 0.6 is 0 Å². The van der Waals surface area contributed by atoms with Gasteiger partial charge < -0.3 is 5.32 Å². The molecule has 0 aromatic rings. The summed E-state index contributed by atoms with van der Waals surface area (Å²) in [5.74, 6) is 0.690. The van der Waals surface area contributed by atoms with E-state index in [4.69, 9.17) is 0 Å². The Morgan fingerprint density at radius 3 is 2.54 bits per heavy atom. The van der Waals surface area contributed by atoms with E-state index >= 15 is 0 Å². The molecule has 0 bridgehead atoms.